The summed E-state index contributed by atoms with van der Waals surface area (Å²) in [7, 11) is 0. The minimum absolute atomic E-state index is 0.704. The second kappa shape index (κ2) is 12.9. The molecule has 0 heterocycles. The number of hydrogen-bond donors (Lipinski definition) is 2. The molecule has 0 aliphatic heterocycles. The van der Waals surface area contributed by atoms with E-state index in [9.17, 15) is 4.79 Å². The maximum absolute atomic E-state index is 10.3. The van der Waals surface area contributed by atoms with Gasteiger partial charge in [0, 0.05) is 0 Å². The van der Waals surface area contributed by atoms with Crippen molar-refractivity contribution in [2.75, 3.05) is 0 Å². The highest BCUT2D eigenvalue weighted by Crippen LogP contribution is 2.00. The van der Waals surface area contributed by atoms with Crippen LogP contribution >= 0.6 is 0 Å². The molecule has 0 rings (SSSR count). The molecule has 4 nitrogen and oxygen atoms in total. The Morgan fingerprint density at radius 2 is 1.79 bits per heavy atom. The second-order valence-corrected chi connectivity index (χ2v) is 4.18. The average Bonchev–Trinajstić information content (AvgIpc) is 2.39. The lowest BCUT2D eigenvalue weighted by Crippen LogP contribution is -2.31. The molecule has 1 atom stereocenters. The zero-order valence-corrected chi connectivity index (χ0v) is 11.6. The van der Waals surface area contributed by atoms with Crippen LogP contribution in [0.5, 0.6) is 0 Å². The topological polar surface area (TPSA) is 72.5 Å². The van der Waals surface area contributed by atoms with E-state index in [-0.39, 0.29) is 0 Å². The number of carbonyl (C=O) groups is 1. The van der Waals surface area contributed by atoms with Crippen molar-refractivity contribution >= 4 is 5.97 Å². The Bertz CT molecular complexity index is 309. The first-order valence-electron chi connectivity index (χ1n) is 6.77. The first-order chi connectivity index (χ1) is 9.18. The fourth-order valence-corrected chi connectivity index (χ4v) is 1.33. The zero-order valence-electron chi connectivity index (χ0n) is 11.6. The van der Waals surface area contributed by atoms with Gasteiger partial charge in [-0.15, -0.1) is 0 Å². The van der Waals surface area contributed by atoms with Crippen LogP contribution in [-0.4, -0.2) is 17.3 Å². The summed E-state index contributed by atoms with van der Waals surface area (Å²) in [5, 5.41) is 8.45. The number of ether oxygens (including phenoxy) is 1. The van der Waals surface area contributed by atoms with E-state index in [0.29, 0.717) is 6.42 Å². The van der Waals surface area contributed by atoms with Crippen LogP contribution in [0.4, 0.5) is 0 Å². The third-order valence-corrected chi connectivity index (χ3v) is 2.42. The molecule has 19 heavy (non-hydrogen) atoms. The van der Waals surface area contributed by atoms with Gasteiger partial charge in [-0.3, -0.25) is 5.73 Å². The quantitative estimate of drug-likeness (QED) is 0.260. The van der Waals surface area contributed by atoms with Crippen molar-refractivity contribution in [2.45, 2.75) is 51.7 Å². The number of hydrogen-bond acceptors (Lipinski definition) is 3. The van der Waals surface area contributed by atoms with E-state index in [1.54, 1.807) is 6.08 Å². The predicted octanol–water partition coefficient (Wildman–Crippen LogP) is 3.36. The molecule has 0 fully saturated rings. The molecular weight excluding hydrogens is 242 g/mol. The molecule has 0 aliphatic rings. The third-order valence-electron chi connectivity index (χ3n) is 2.42. The molecule has 0 saturated carbocycles. The first kappa shape index (κ1) is 17.4. The van der Waals surface area contributed by atoms with E-state index >= 15 is 0 Å². The van der Waals surface area contributed by atoms with Crippen LogP contribution in [0.25, 0.3) is 0 Å². The van der Waals surface area contributed by atoms with E-state index in [1.807, 2.05) is 6.08 Å². The molecule has 0 spiro atoms. The number of carboxylic acids is 1. The summed E-state index contributed by atoms with van der Waals surface area (Å²) < 4.78 is 4.74. The third kappa shape index (κ3) is 12.7. The van der Waals surface area contributed by atoms with Gasteiger partial charge in [-0.05, 0) is 31.8 Å². The summed E-state index contributed by atoms with van der Waals surface area (Å²) >= 11 is 0. The Kier molecular flexibility index (Phi) is 11.8. The van der Waals surface area contributed by atoms with Gasteiger partial charge in [0.2, 0.25) is 6.23 Å². The standard InChI is InChI=1S/C15H25NO3/c1-2-3-4-5-6-7-8-9-10-11-12-13-19-14(16)15(17)18/h6-7,9-10,12-14H,2-5,8,11,16H2,1H3,(H,17,18)/b7-6-,10-9-,13-12-. The molecule has 0 aliphatic carbocycles. The van der Waals surface area contributed by atoms with Crippen molar-refractivity contribution in [3.8, 4) is 0 Å². The summed E-state index contributed by atoms with van der Waals surface area (Å²) in [4.78, 5) is 10.3. The summed E-state index contributed by atoms with van der Waals surface area (Å²) in [6.07, 6.45) is 16.8. The van der Waals surface area contributed by atoms with Crippen molar-refractivity contribution in [1.82, 2.24) is 0 Å². The maximum Gasteiger partial charge on any atom is 0.360 e. The lowest BCUT2D eigenvalue weighted by molar-refractivity contribution is -0.146. The second-order valence-electron chi connectivity index (χ2n) is 4.18. The molecule has 0 aromatic rings. The number of aliphatic carboxylic acids is 1. The monoisotopic (exact) mass is 267 g/mol. The fourth-order valence-electron chi connectivity index (χ4n) is 1.33. The molecule has 1 unspecified atom stereocenters. The Morgan fingerprint density at radius 1 is 1.16 bits per heavy atom. The van der Waals surface area contributed by atoms with Crippen LogP contribution in [0, 0.1) is 0 Å². The Hall–Kier alpha value is -1.55. The van der Waals surface area contributed by atoms with Gasteiger partial charge in [0.05, 0.1) is 6.26 Å². The SMILES string of the molecule is CCCCC/C=C\C/C=C\C/C=C\OC(N)C(=O)O. The Labute approximate surface area is 115 Å². The fraction of sp³-hybridized carbons (Fsp3) is 0.533. The number of allylic oxidation sites excluding steroid dienone is 5. The van der Waals surface area contributed by atoms with Gasteiger partial charge < -0.3 is 9.84 Å². The van der Waals surface area contributed by atoms with Gasteiger partial charge in [0.15, 0.2) is 0 Å². The summed E-state index contributed by atoms with van der Waals surface area (Å²) in [5.41, 5.74) is 5.15. The molecule has 3 N–H and O–H groups in total. The largest absolute Gasteiger partial charge is 0.477 e. The molecular formula is C15H25NO3. The molecule has 4 heteroatoms. The highest BCUT2D eigenvalue weighted by atomic mass is 16.5. The minimum Gasteiger partial charge on any atom is -0.477 e. The van der Waals surface area contributed by atoms with Crippen LogP contribution in [-0.2, 0) is 9.53 Å². The lowest BCUT2D eigenvalue weighted by Gasteiger charge is -2.03. The normalized spacial score (nSPS) is 13.6. The maximum atomic E-state index is 10.3. The van der Waals surface area contributed by atoms with Gasteiger partial charge in [-0.1, -0.05) is 44.1 Å². The van der Waals surface area contributed by atoms with E-state index in [2.05, 4.69) is 25.2 Å². The number of carboxylic acid groups (broad SMARTS) is 1. The van der Waals surface area contributed by atoms with Crippen molar-refractivity contribution in [1.29, 1.82) is 0 Å². The first-order valence-corrected chi connectivity index (χ1v) is 6.77. The van der Waals surface area contributed by atoms with Gasteiger partial charge in [-0.2, -0.15) is 0 Å². The van der Waals surface area contributed by atoms with Crippen LogP contribution in [0.1, 0.15) is 45.4 Å². The highest BCUT2D eigenvalue weighted by Gasteiger charge is 2.08. The van der Waals surface area contributed by atoms with Crippen molar-refractivity contribution in [2.24, 2.45) is 5.73 Å². The van der Waals surface area contributed by atoms with Crippen molar-refractivity contribution in [3.05, 3.63) is 36.6 Å². The Morgan fingerprint density at radius 3 is 2.42 bits per heavy atom. The Balaban J connectivity index is 3.48. The van der Waals surface area contributed by atoms with Gasteiger partial charge in [0.25, 0.3) is 0 Å². The predicted molar refractivity (Wildman–Crippen MR) is 77.5 cm³/mol. The molecule has 0 radical (unpaired) electrons. The van der Waals surface area contributed by atoms with Crippen molar-refractivity contribution in [3.63, 3.8) is 0 Å². The van der Waals surface area contributed by atoms with Crippen LogP contribution in [0.3, 0.4) is 0 Å². The van der Waals surface area contributed by atoms with Gasteiger partial charge in [0.1, 0.15) is 0 Å². The molecule has 0 saturated heterocycles. The van der Waals surface area contributed by atoms with E-state index < -0.39 is 12.2 Å². The molecule has 0 amide bonds. The number of unbranched alkanes of at least 4 members (excludes halogenated alkanes) is 3. The minimum atomic E-state index is -1.29. The average molecular weight is 267 g/mol. The summed E-state index contributed by atoms with van der Waals surface area (Å²) in [5.74, 6) is -1.17. The van der Waals surface area contributed by atoms with Gasteiger partial charge in [-0.25, -0.2) is 4.79 Å². The van der Waals surface area contributed by atoms with Crippen LogP contribution in [0.2, 0.25) is 0 Å². The summed E-state index contributed by atoms with van der Waals surface area (Å²) in [6.45, 7) is 2.20. The van der Waals surface area contributed by atoms with E-state index in [0.717, 1.165) is 12.8 Å². The molecule has 0 aromatic carbocycles. The van der Waals surface area contributed by atoms with E-state index in [1.165, 1.54) is 25.5 Å². The number of nitrogens with two attached hydrogens (primary N) is 1. The molecule has 108 valence electrons. The van der Waals surface area contributed by atoms with Gasteiger partial charge >= 0.3 is 5.97 Å². The lowest BCUT2D eigenvalue weighted by atomic mass is 10.2. The van der Waals surface area contributed by atoms with Crippen LogP contribution in [0.15, 0.2) is 36.6 Å². The smallest absolute Gasteiger partial charge is 0.360 e. The van der Waals surface area contributed by atoms with E-state index in [4.69, 9.17) is 15.6 Å². The van der Waals surface area contributed by atoms with Crippen LogP contribution < -0.4 is 5.73 Å². The number of rotatable bonds is 11. The highest BCUT2D eigenvalue weighted by molar-refractivity contribution is 5.71. The zero-order chi connectivity index (χ0) is 14.3. The molecule has 0 bridgehead atoms. The summed E-state index contributed by atoms with van der Waals surface area (Å²) in [6, 6.07) is 0. The molecule has 0 aromatic heterocycles. The van der Waals surface area contributed by atoms with Crippen molar-refractivity contribution < 1.29 is 14.6 Å².